The van der Waals surface area contributed by atoms with Gasteiger partial charge in [0.25, 0.3) is 0 Å². The maximum atomic E-state index is 12.4. The molecule has 0 aliphatic carbocycles. The zero-order valence-electron chi connectivity index (χ0n) is 12.2. The Morgan fingerprint density at radius 1 is 1.43 bits per heavy atom. The SMILES string of the molecule is CN1C(=O)CC(C)(C)[C@H]1C(=O)NCc1ccc(Cl)cc1Cl. The third kappa shape index (κ3) is 3.33. The number of carbonyl (C=O) groups excluding carboxylic acids is 2. The largest absolute Gasteiger partial charge is 0.350 e. The molecule has 0 saturated carbocycles. The van der Waals surface area contributed by atoms with E-state index in [1.165, 1.54) is 4.90 Å². The van der Waals surface area contributed by atoms with E-state index in [1.807, 2.05) is 13.8 Å². The van der Waals surface area contributed by atoms with Crippen LogP contribution in [-0.2, 0) is 16.1 Å². The Balaban J connectivity index is 2.06. The fourth-order valence-corrected chi connectivity index (χ4v) is 3.23. The van der Waals surface area contributed by atoms with Gasteiger partial charge in [0.2, 0.25) is 11.8 Å². The second-order valence-electron chi connectivity index (χ2n) is 6.03. The molecule has 1 N–H and O–H groups in total. The van der Waals surface area contributed by atoms with Gasteiger partial charge >= 0.3 is 0 Å². The van der Waals surface area contributed by atoms with E-state index in [2.05, 4.69) is 5.32 Å². The first-order valence-corrected chi connectivity index (χ1v) is 7.45. The predicted molar refractivity (Wildman–Crippen MR) is 83.3 cm³/mol. The molecule has 21 heavy (non-hydrogen) atoms. The molecule has 1 saturated heterocycles. The van der Waals surface area contributed by atoms with Crippen LogP contribution >= 0.6 is 23.2 Å². The molecule has 2 rings (SSSR count). The minimum absolute atomic E-state index is 0.00956. The molecule has 114 valence electrons. The molecular weight excluding hydrogens is 311 g/mol. The monoisotopic (exact) mass is 328 g/mol. The summed E-state index contributed by atoms with van der Waals surface area (Å²) >= 11 is 11.9. The van der Waals surface area contributed by atoms with E-state index >= 15 is 0 Å². The molecule has 0 radical (unpaired) electrons. The van der Waals surface area contributed by atoms with Gasteiger partial charge in [-0.05, 0) is 17.7 Å². The van der Waals surface area contributed by atoms with Crippen molar-refractivity contribution in [2.75, 3.05) is 7.05 Å². The Morgan fingerprint density at radius 3 is 2.62 bits per heavy atom. The predicted octanol–water partition coefficient (Wildman–Crippen LogP) is 2.87. The van der Waals surface area contributed by atoms with Gasteiger partial charge in [-0.1, -0.05) is 43.1 Å². The third-order valence-corrected chi connectivity index (χ3v) is 4.43. The second-order valence-corrected chi connectivity index (χ2v) is 6.87. The Labute approximate surface area is 134 Å². The molecule has 1 atom stereocenters. The number of nitrogens with zero attached hydrogens (tertiary/aromatic N) is 1. The van der Waals surface area contributed by atoms with Gasteiger partial charge in [0.1, 0.15) is 6.04 Å². The van der Waals surface area contributed by atoms with Crippen molar-refractivity contribution in [2.24, 2.45) is 5.41 Å². The van der Waals surface area contributed by atoms with E-state index < -0.39 is 6.04 Å². The van der Waals surface area contributed by atoms with Gasteiger partial charge in [0.15, 0.2) is 0 Å². The maximum absolute atomic E-state index is 12.4. The molecule has 1 aromatic rings. The van der Waals surface area contributed by atoms with Gasteiger partial charge in [-0.15, -0.1) is 0 Å². The van der Waals surface area contributed by atoms with Crippen molar-refractivity contribution in [3.05, 3.63) is 33.8 Å². The van der Waals surface area contributed by atoms with Crippen LogP contribution in [0.25, 0.3) is 0 Å². The van der Waals surface area contributed by atoms with Crippen molar-refractivity contribution >= 4 is 35.0 Å². The highest BCUT2D eigenvalue weighted by Crippen LogP contribution is 2.36. The molecule has 0 aromatic heterocycles. The number of rotatable bonds is 3. The quantitative estimate of drug-likeness (QED) is 0.927. The lowest BCUT2D eigenvalue weighted by Gasteiger charge is -2.28. The minimum Gasteiger partial charge on any atom is -0.350 e. The van der Waals surface area contributed by atoms with Crippen LogP contribution in [0, 0.1) is 5.41 Å². The summed E-state index contributed by atoms with van der Waals surface area (Å²) in [5.41, 5.74) is 0.416. The van der Waals surface area contributed by atoms with Crippen molar-refractivity contribution in [1.29, 1.82) is 0 Å². The highest BCUT2D eigenvalue weighted by Gasteiger charge is 2.47. The number of carbonyl (C=O) groups is 2. The van der Waals surface area contributed by atoms with Gasteiger partial charge < -0.3 is 10.2 Å². The Morgan fingerprint density at radius 2 is 2.10 bits per heavy atom. The minimum atomic E-state index is -0.462. The van der Waals surface area contributed by atoms with Crippen molar-refractivity contribution < 1.29 is 9.59 Å². The van der Waals surface area contributed by atoms with Crippen LogP contribution in [0.5, 0.6) is 0 Å². The Hall–Kier alpha value is -1.26. The second kappa shape index (κ2) is 5.85. The molecule has 0 unspecified atom stereocenters. The fraction of sp³-hybridized carbons (Fsp3) is 0.467. The fourth-order valence-electron chi connectivity index (χ4n) is 2.75. The standard InChI is InChI=1S/C15H18Cl2N2O2/c1-15(2)7-12(20)19(3)13(15)14(21)18-8-9-4-5-10(16)6-11(9)17/h4-6,13H,7-8H2,1-3H3,(H,18,21)/t13-/m1/s1. The molecular formula is C15H18Cl2N2O2. The average Bonchev–Trinajstić information content (AvgIpc) is 2.56. The summed E-state index contributed by atoms with van der Waals surface area (Å²) in [5, 5.41) is 3.91. The summed E-state index contributed by atoms with van der Waals surface area (Å²) in [4.78, 5) is 25.7. The van der Waals surface area contributed by atoms with Gasteiger partial charge in [0, 0.05) is 35.5 Å². The van der Waals surface area contributed by atoms with E-state index in [4.69, 9.17) is 23.2 Å². The highest BCUT2D eigenvalue weighted by molar-refractivity contribution is 6.35. The van der Waals surface area contributed by atoms with Crippen molar-refractivity contribution in [2.45, 2.75) is 32.9 Å². The van der Waals surface area contributed by atoms with E-state index in [0.717, 1.165) is 5.56 Å². The average molecular weight is 329 g/mol. The van der Waals surface area contributed by atoms with E-state index in [9.17, 15) is 9.59 Å². The molecule has 1 aliphatic heterocycles. The summed E-state index contributed by atoms with van der Waals surface area (Å²) in [7, 11) is 1.66. The molecule has 1 aromatic carbocycles. The summed E-state index contributed by atoms with van der Waals surface area (Å²) in [6, 6.07) is 4.68. The van der Waals surface area contributed by atoms with Crippen molar-refractivity contribution in [3.8, 4) is 0 Å². The first-order valence-electron chi connectivity index (χ1n) is 6.69. The third-order valence-electron chi connectivity index (χ3n) is 3.84. The number of likely N-dealkylation sites (N-methyl/N-ethyl adjacent to an activating group) is 1. The summed E-state index contributed by atoms with van der Waals surface area (Å²) in [6.45, 7) is 4.16. The lowest BCUT2D eigenvalue weighted by molar-refractivity contribution is -0.134. The van der Waals surface area contributed by atoms with Gasteiger partial charge in [-0.2, -0.15) is 0 Å². The summed E-state index contributed by atoms with van der Waals surface area (Å²) in [6.07, 6.45) is 0.378. The molecule has 1 fully saturated rings. The van der Waals surface area contributed by atoms with E-state index in [1.54, 1.807) is 25.2 Å². The smallest absolute Gasteiger partial charge is 0.243 e. The topological polar surface area (TPSA) is 49.4 Å². The molecule has 0 spiro atoms. The van der Waals surface area contributed by atoms with Crippen LogP contribution in [0.2, 0.25) is 10.0 Å². The molecule has 2 amide bonds. The van der Waals surface area contributed by atoms with Crippen LogP contribution in [0.3, 0.4) is 0 Å². The number of likely N-dealkylation sites (tertiary alicyclic amines) is 1. The Kier molecular flexibility index (Phi) is 4.49. The number of amides is 2. The van der Waals surface area contributed by atoms with Gasteiger partial charge in [-0.3, -0.25) is 9.59 Å². The normalized spacial score (nSPS) is 20.7. The lowest BCUT2D eigenvalue weighted by Crippen LogP contribution is -2.48. The van der Waals surface area contributed by atoms with Crippen molar-refractivity contribution in [1.82, 2.24) is 10.2 Å². The molecule has 4 nitrogen and oxygen atoms in total. The molecule has 0 bridgehead atoms. The van der Waals surface area contributed by atoms with Crippen LogP contribution < -0.4 is 5.32 Å². The Bertz CT molecular complexity index is 587. The number of hydrogen-bond acceptors (Lipinski definition) is 2. The summed E-state index contributed by atoms with van der Waals surface area (Å²) < 4.78 is 0. The molecule has 1 aliphatic rings. The maximum Gasteiger partial charge on any atom is 0.243 e. The zero-order chi connectivity index (χ0) is 15.8. The number of nitrogens with one attached hydrogen (secondary N) is 1. The van der Waals surface area contributed by atoms with E-state index in [0.29, 0.717) is 23.0 Å². The highest BCUT2D eigenvalue weighted by atomic mass is 35.5. The van der Waals surface area contributed by atoms with Gasteiger partial charge in [-0.25, -0.2) is 0 Å². The lowest BCUT2D eigenvalue weighted by atomic mass is 9.84. The number of halogens is 2. The van der Waals surface area contributed by atoms with Crippen LogP contribution in [0.15, 0.2) is 18.2 Å². The number of benzene rings is 1. The number of hydrogen-bond donors (Lipinski definition) is 1. The van der Waals surface area contributed by atoms with Crippen molar-refractivity contribution in [3.63, 3.8) is 0 Å². The van der Waals surface area contributed by atoms with Gasteiger partial charge in [0.05, 0.1) is 0 Å². The van der Waals surface area contributed by atoms with Crippen LogP contribution in [-0.4, -0.2) is 29.8 Å². The van der Waals surface area contributed by atoms with Crippen LogP contribution in [0.4, 0.5) is 0 Å². The summed E-state index contributed by atoms with van der Waals surface area (Å²) in [5.74, 6) is -0.177. The van der Waals surface area contributed by atoms with E-state index in [-0.39, 0.29) is 17.2 Å². The first kappa shape index (κ1) is 16.1. The zero-order valence-corrected chi connectivity index (χ0v) is 13.8. The molecule has 1 heterocycles. The first-order chi connectivity index (χ1) is 9.72. The molecule has 6 heteroatoms. The van der Waals surface area contributed by atoms with Crippen LogP contribution in [0.1, 0.15) is 25.8 Å².